The molecular weight excluding hydrogens is 490 g/mol. The van der Waals surface area contributed by atoms with Crippen LogP contribution in [0.2, 0.25) is 0 Å². The molecule has 2 bridgehead atoms. The van der Waals surface area contributed by atoms with Crippen molar-refractivity contribution in [3.05, 3.63) is 35.9 Å². The number of alkyl halides is 1. The van der Waals surface area contributed by atoms with Crippen LogP contribution in [-0.2, 0) is 19.1 Å². The van der Waals surface area contributed by atoms with Gasteiger partial charge in [0.2, 0.25) is 17.7 Å². The fourth-order valence-corrected chi connectivity index (χ4v) is 6.97. The lowest BCUT2D eigenvalue weighted by Crippen LogP contribution is -2.57. The van der Waals surface area contributed by atoms with E-state index in [0.717, 1.165) is 18.4 Å². The molecular formula is C24H32BrN3O5. The van der Waals surface area contributed by atoms with Gasteiger partial charge in [0.1, 0.15) is 11.6 Å². The molecule has 3 saturated heterocycles. The van der Waals surface area contributed by atoms with E-state index in [9.17, 15) is 19.5 Å². The first-order valence-electron chi connectivity index (χ1n) is 11.6. The van der Waals surface area contributed by atoms with Crippen LogP contribution >= 0.6 is 15.9 Å². The molecule has 1 aromatic carbocycles. The first-order chi connectivity index (χ1) is 15.8. The summed E-state index contributed by atoms with van der Waals surface area (Å²) in [6, 6.07) is 7.43. The monoisotopic (exact) mass is 521 g/mol. The maximum absolute atomic E-state index is 14.0. The lowest BCUT2D eigenvalue weighted by molar-refractivity contribution is -0.146. The third-order valence-electron chi connectivity index (χ3n) is 7.33. The summed E-state index contributed by atoms with van der Waals surface area (Å²) in [7, 11) is 1.54. The van der Waals surface area contributed by atoms with Gasteiger partial charge in [-0.15, -0.1) is 0 Å². The van der Waals surface area contributed by atoms with E-state index in [4.69, 9.17) is 4.74 Å². The Labute approximate surface area is 202 Å². The summed E-state index contributed by atoms with van der Waals surface area (Å²) in [5.74, 6) is -2.39. The maximum atomic E-state index is 14.0. The van der Waals surface area contributed by atoms with Crippen molar-refractivity contribution in [1.82, 2.24) is 15.5 Å². The van der Waals surface area contributed by atoms with Crippen LogP contribution in [0.3, 0.4) is 0 Å². The van der Waals surface area contributed by atoms with Crippen LogP contribution in [-0.4, -0.2) is 70.0 Å². The van der Waals surface area contributed by atoms with Crippen LogP contribution in [0.15, 0.2) is 30.3 Å². The second-order valence-electron chi connectivity index (χ2n) is 9.33. The summed E-state index contributed by atoms with van der Waals surface area (Å²) in [6.45, 7) is 3.63. The largest absolute Gasteiger partial charge is 0.394 e. The third kappa shape index (κ3) is 3.78. The number of benzene rings is 1. The molecule has 4 rings (SSSR count). The highest BCUT2D eigenvalue weighted by atomic mass is 79.9. The first kappa shape index (κ1) is 24.2. The number of aliphatic hydroxyl groups is 1. The lowest BCUT2D eigenvalue weighted by Gasteiger charge is -2.37. The van der Waals surface area contributed by atoms with E-state index >= 15 is 0 Å². The van der Waals surface area contributed by atoms with E-state index < -0.39 is 35.6 Å². The SMILES string of the molecule is CCCC(C)NC(=O)C1N([C@H](CO)c2ccccc2)C(=O)[C@@H]2[C@H](C(=O)NC)[C@H]3OC12CC3Br. The highest BCUT2D eigenvalue weighted by molar-refractivity contribution is 9.09. The number of rotatable bonds is 8. The fourth-order valence-electron chi connectivity index (χ4n) is 6.03. The molecule has 3 fully saturated rings. The predicted octanol–water partition coefficient (Wildman–Crippen LogP) is 1.52. The number of likely N-dealkylation sites (tertiary alicyclic amines) is 1. The summed E-state index contributed by atoms with van der Waals surface area (Å²) >= 11 is 3.64. The second-order valence-corrected chi connectivity index (χ2v) is 10.5. The Kier molecular flexibility index (Phi) is 6.85. The zero-order valence-electron chi connectivity index (χ0n) is 19.2. The molecule has 8 nitrogen and oxygen atoms in total. The molecule has 4 unspecified atom stereocenters. The number of carbonyl (C=O) groups excluding carboxylic acids is 3. The predicted molar refractivity (Wildman–Crippen MR) is 125 cm³/mol. The van der Waals surface area contributed by atoms with Crippen molar-refractivity contribution in [1.29, 1.82) is 0 Å². The number of carbonyl (C=O) groups is 3. The minimum absolute atomic E-state index is 0.0766. The van der Waals surface area contributed by atoms with Gasteiger partial charge in [0.05, 0.1) is 30.6 Å². The fraction of sp³-hybridized carbons (Fsp3) is 0.625. The zero-order chi connectivity index (χ0) is 23.9. The number of nitrogens with zero attached hydrogens (tertiary/aromatic N) is 1. The summed E-state index contributed by atoms with van der Waals surface area (Å²) in [5.41, 5.74) is -0.406. The van der Waals surface area contributed by atoms with Crippen molar-refractivity contribution >= 4 is 33.7 Å². The summed E-state index contributed by atoms with van der Waals surface area (Å²) in [4.78, 5) is 41.9. The molecule has 3 amide bonds. The molecule has 0 radical (unpaired) electrons. The number of ether oxygens (including phenoxy) is 1. The standard InChI is InChI=1S/C24H32BrN3O5/c1-4-8-13(2)27-22(31)20-24-11-15(25)19(33-24)17(21(30)26-3)18(24)23(32)28(20)16(12-29)14-9-6-5-7-10-14/h5-7,9-10,13,15-20,29H,4,8,11-12H2,1-3H3,(H,26,30)(H,27,31)/t13?,15?,16-,17+,18+,19+,20?,24?/m1/s1. The van der Waals surface area contributed by atoms with Gasteiger partial charge in [-0.1, -0.05) is 59.6 Å². The number of fused-ring (bicyclic) bond motifs is 1. The molecule has 3 heterocycles. The molecule has 3 aliphatic heterocycles. The van der Waals surface area contributed by atoms with Gasteiger partial charge in [-0.05, 0) is 25.3 Å². The molecule has 0 aromatic heterocycles. The summed E-state index contributed by atoms with van der Waals surface area (Å²) in [5, 5.41) is 16.1. The smallest absolute Gasteiger partial charge is 0.246 e. The van der Waals surface area contributed by atoms with Crippen molar-refractivity contribution in [2.45, 2.75) is 67.8 Å². The number of hydrogen-bond acceptors (Lipinski definition) is 5. The van der Waals surface area contributed by atoms with E-state index in [1.807, 2.05) is 44.2 Å². The van der Waals surface area contributed by atoms with Gasteiger partial charge in [0.15, 0.2) is 0 Å². The Morgan fingerprint density at radius 3 is 2.61 bits per heavy atom. The van der Waals surface area contributed by atoms with Crippen LogP contribution < -0.4 is 10.6 Å². The highest BCUT2D eigenvalue weighted by Crippen LogP contribution is 2.61. The average Bonchev–Trinajstić information content (AvgIpc) is 3.38. The van der Waals surface area contributed by atoms with E-state index in [1.54, 1.807) is 7.05 Å². The molecule has 0 aliphatic carbocycles. The van der Waals surface area contributed by atoms with Gasteiger partial charge in [0, 0.05) is 17.9 Å². The molecule has 1 aromatic rings. The topological polar surface area (TPSA) is 108 Å². The molecule has 3 aliphatic rings. The van der Waals surface area contributed by atoms with Gasteiger partial charge in [0.25, 0.3) is 0 Å². The summed E-state index contributed by atoms with van der Waals surface area (Å²) < 4.78 is 6.43. The van der Waals surface area contributed by atoms with Gasteiger partial charge in [-0.3, -0.25) is 14.4 Å². The molecule has 1 spiro atoms. The van der Waals surface area contributed by atoms with Gasteiger partial charge < -0.3 is 25.4 Å². The van der Waals surface area contributed by atoms with Crippen molar-refractivity contribution in [3.63, 3.8) is 0 Å². The maximum Gasteiger partial charge on any atom is 0.246 e. The van der Waals surface area contributed by atoms with Crippen LogP contribution in [0.25, 0.3) is 0 Å². The van der Waals surface area contributed by atoms with Crippen molar-refractivity contribution in [3.8, 4) is 0 Å². The van der Waals surface area contributed by atoms with E-state index in [-0.39, 0.29) is 35.2 Å². The van der Waals surface area contributed by atoms with Gasteiger partial charge in [-0.2, -0.15) is 0 Å². The van der Waals surface area contributed by atoms with Gasteiger partial charge in [-0.25, -0.2) is 0 Å². The van der Waals surface area contributed by atoms with Crippen LogP contribution in [0.1, 0.15) is 44.7 Å². The minimum Gasteiger partial charge on any atom is -0.394 e. The van der Waals surface area contributed by atoms with Crippen molar-refractivity contribution in [2.75, 3.05) is 13.7 Å². The number of halogens is 1. The molecule has 180 valence electrons. The number of amides is 3. The van der Waals surface area contributed by atoms with Gasteiger partial charge >= 0.3 is 0 Å². The number of hydrogen-bond donors (Lipinski definition) is 3. The number of aliphatic hydroxyl groups excluding tert-OH is 1. The molecule has 0 saturated carbocycles. The van der Waals surface area contributed by atoms with Crippen LogP contribution in [0, 0.1) is 11.8 Å². The Bertz CT molecular complexity index is 915. The Balaban J connectivity index is 1.80. The normalized spacial score (nSPS) is 34.2. The quantitative estimate of drug-likeness (QED) is 0.449. The Hall–Kier alpha value is -1.97. The first-order valence-corrected chi connectivity index (χ1v) is 12.5. The van der Waals surface area contributed by atoms with E-state index in [1.165, 1.54) is 4.90 Å². The average molecular weight is 522 g/mol. The molecule has 3 N–H and O–H groups in total. The van der Waals surface area contributed by atoms with Crippen LogP contribution in [0.5, 0.6) is 0 Å². The number of nitrogens with one attached hydrogen (secondary N) is 2. The summed E-state index contributed by atoms with van der Waals surface area (Å²) in [6.07, 6.45) is 1.66. The third-order valence-corrected chi connectivity index (χ3v) is 8.17. The molecule has 33 heavy (non-hydrogen) atoms. The van der Waals surface area contributed by atoms with E-state index in [2.05, 4.69) is 26.6 Å². The second kappa shape index (κ2) is 9.35. The molecule has 8 atom stereocenters. The van der Waals surface area contributed by atoms with Crippen LogP contribution in [0.4, 0.5) is 0 Å². The minimum atomic E-state index is -1.13. The van der Waals surface area contributed by atoms with Crippen molar-refractivity contribution in [2.24, 2.45) is 11.8 Å². The lowest BCUT2D eigenvalue weighted by atomic mass is 9.70. The molecule has 9 heteroatoms. The van der Waals surface area contributed by atoms with Crippen molar-refractivity contribution < 1.29 is 24.2 Å². The zero-order valence-corrected chi connectivity index (χ0v) is 20.7. The Morgan fingerprint density at radius 1 is 1.30 bits per heavy atom. The van der Waals surface area contributed by atoms with E-state index in [0.29, 0.717) is 6.42 Å². The Morgan fingerprint density at radius 2 is 2.00 bits per heavy atom. The highest BCUT2D eigenvalue weighted by Gasteiger charge is 2.77.